The van der Waals surface area contributed by atoms with Gasteiger partial charge in [0, 0.05) is 12.1 Å². The molecule has 0 aliphatic rings. The molecule has 1 aromatic carbocycles. The fourth-order valence-corrected chi connectivity index (χ4v) is 1.62. The van der Waals surface area contributed by atoms with Crippen LogP contribution in [0, 0.1) is 5.82 Å². The number of rotatable bonds is 7. The van der Waals surface area contributed by atoms with Gasteiger partial charge in [-0.1, -0.05) is 13.8 Å². The van der Waals surface area contributed by atoms with Crippen molar-refractivity contribution in [3.8, 4) is 5.75 Å². The zero-order valence-electron chi connectivity index (χ0n) is 10.3. The summed E-state index contributed by atoms with van der Waals surface area (Å²) < 4.78 is 19.1. The van der Waals surface area contributed by atoms with E-state index in [0.717, 1.165) is 19.4 Å². The summed E-state index contributed by atoms with van der Waals surface area (Å²) in [4.78, 5) is 0. The summed E-state index contributed by atoms with van der Waals surface area (Å²) in [6.45, 7) is 5.87. The molecule has 0 unspecified atom stereocenters. The molecule has 0 saturated carbocycles. The van der Waals surface area contributed by atoms with E-state index in [1.165, 1.54) is 6.07 Å². The Hall–Kier alpha value is -0.610. The van der Waals surface area contributed by atoms with Gasteiger partial charge in [0.05, 0.1) is 11.1 Å². The highest BCUT2D eigenvalue weighted by atomic mass is 79.9. The van der Waals surface area contributed by atoms with Crippen molar-refractivity contribution < 1.29 is 9.13 Å². The van der Waals surface area contributed by atoms with E-state index in [1.54, 1.807) is 12.1 Å². The number of hydrogen-bond acceptors (Lipinski definition) is 2. The summed E-state index contributed by atoms with van der Waals surface area (Å²) in [5.41, 5.74) is 0. The van der Waals surface area contributed by atoms with E-state index >= 15 is 0 Å². The molecule has 2 nitrogen and oxygen atoms in total. The van der Waals surface area contributed by atoms with Crippen molar-refractivity contribution in [2.75, 3.05) is 13.2 Å². The molecule has 96 valence electrons. The average Bonchev–Trinajstić information content (AvgIpc) is 2.27. The van der Waals surface area contributed by atoms with Gasteiger partial charge in [0.1, 0.15) is 11.6 Å². The predicted octanol–water partition coefficient (Wildman–Crippen LogP) is 3.75. The molecule has 0 aliphatic heterocycles. The fraction of sp³-hybridized carbons (Fsp3) is 0.538. The van der Waals surface area contributed by atoms with Crippen LogP contribution in [0.3, 0.4) is 0 Å². The van der Waals surface area contributed by atoms with Gasteiger partial charge in [-0.25, -0.2) is 4.39 Å². The van der Waals surface area contributed by atoms with Gasteiger partial charge in [-0.15, -0.1) is 0 Å². The Morgan fingerprint density at radius 1 is 1.35 bits per heavy atom. The summed E-state index contributed by atoms with van der Waals surface area (Å²) in [6.07, 6.45) is 2.04. The number of unbranched alkanes of at least 4 members (excludes halogenated alkanes) is 1. The smallest absolute Gasteiger partial charge is 0.141 e. The third-order valence-corrected chi connectivity index (χ3v) is 2.93. The molecular weight excluding hydrogens is 285 g/mol. The van der Waals surface area contributed by atoms with E-state index in [0.29, 0.717) is 22.9 Å². The molecule has 17 heavy (non-hydrogen) atoms. The summed E-state index contributed by atoms with van der Waals surface area (Å²) in [5, 5.41) is 3.34. The Bertz CT molecular complexity index is 344. The lowest BCUT2D eigenvalue weighted by atomic mass is 10.3. The molecule has 1 N–H and O–H groups in total. The van der Waals surface area contributed by atoms with Crippen molar-refractivity contribution in [1.29, 1.82) is 0 Å². The molecule has 0 aliphatic carbocycles. The van der Waals surface area contributed by atoms with Gasteiger partial charge < -0.3 is 10.1 Å². The first-order valence-electron chi connectivity index (χ1n) is 5.91. The normalized spacial score (nSPS) is 10.9. The van der Waals surface area contributed by atoms with Gasteiger partial charge in [-0.3, -0.25) is 0 Å². The van der Waals surface area contributed by atoms with Gasteiger partial charge in [0.25, 0.3) is 0 Å². The van der Waals surface area contributed by atoms with E-state index < -0.39 is 0 Å². The monoisotopic (exact) mass is 303 g/mol. The topological polar surface area (TPSA) is 21.3 Å². The number of ether oxygens (including phenoxy) is 1. The molecule has 1 aromatic rings. The second kappa shape index (κ2) is 7.67. The first-order valence-corrected chi connectivity index (χ1v) is 6.70. The van der Waals surface area contributed by atoms with Crippen LogP contribution in [0.1, 0.15) is 26.7 Å². The van der Waals surface area contributed by atoms with E-state index in [2.05, 4.69) is 35.1 Å². The van der Waals surface area contributed by atoms with E-state index in [4.69, 9.17) is 4.74 Å². The van der Waals surface area contributed by atoms with Gasteiger partial charge >= 0.3 is 0 Å². The zero-order valence-corrected chi connectivity index (χ0v) is 11.9. The Kier molecular flexibility index (Phi) is 6.52. The lowest BCUT2D eigenvalue weighted by Gasteiger charge is -2.09. The maximum absolute atomic E-state index is 13.2. The van der Waals surface area contributed by atoms with Crippen LogP contribution >= 0.6 is 15.9 Å². The van der Waals surface area contributed by atoms with Crippen molar-refractivity contribution in [1.82, 2.24) is 5.32 Å². The lowest BCUT2D eigenvalue weighted by molar-refractivity contribution is 0.303. The predicted molar refractivity (Wildman–Crippen MR) is 72.0 cm³/mol. The molecular formula is C13H19BrFNO. The molecule has 0 saturated heterocycles. The highest BCUT2D eigenvalue weighted by Crippen LogP contribution is 2.20. The quantitative estimate of drug-likeness (QED) is 0.775. The first kappa shape index (κ1) is 14.5. The number of benzene rings is 1. The third-order valence-electron chi connectivity index (χ3n) is 2.28. The second-order valence-corrected chi connectivity index (χ2v) is 5.09. The number of hydrogen-bond donors (Lipinski definition) is 1. The van der Waals surface area contributed by atoms with Crippen LogP contribution < -0.4 is 10.1 Å². The Balaban J connectivity index is 2.16. The minimum atomic E-state index is -0.288. The van der Waals surface area contributed by atoms with Crippen molar-refractivity contribution >= 4 is 15.9 Å². The highest BCUT2D eigenvalue weighted by Gasteiger charge is 2.01. The average molecular weight is 304 g/mol. The molecule has 0 amide bonds. The highest BCUT2D eigenvalue weighted by molar-refractivity contribution is 9.10. The Morgan fingerprint density at radius 2 is 2.12 bits per heavy atom. The van der Waals surface area contributed by atoms with Crippen molar-refractivity contribution in [3.63, 3.8) is 0 Å². The van der Waals surface area contributed by atoms with Crippen molar-refractivity contribution in [3.05, 3.63) is 28.5 Å². The molecule has 0 bridgehead atoms. The summed E-state index contributed by atoms with van der Waals surface area (Å²) in [7, 11) is 0. The zero-order chi connectivity index (χ0) is 12.7. The SMILES string of the molecule is CC(C)NCCCCOc1ccc(Br)c(F)c1. The summed E-state index contributed by atoms with van der Waals surface area (Å²) in [5.74, 6) is 0.298. The van der Waals surface area contributed by atoms with Crippen LogP contribution in [0.25, 0.3) is 0 Å². The van der Waals surface area contributed by atoms with Crippen LogP contribution in [-0.4, -0.2) is 19.2 Å². The maximum Gasteiger partial charge on any atom is 0.141 e. The molecule has 0 fully saturated rings. The molecule has 1 rings (SSSR count). The number of halogens is 2. The summed E-state index contributed by atoms with van der Waals surface area (Å²) in [6, 6.07) is 5.34. The molecule has 0 atom stereocenters. The Labute approximate surface area is 111 Å². The largest absolute Gasteiger partial charge is 0.493 e. The van der Waals surface area contributed by atoms with Crippen molar-refractivity contribution in [2.45, 2.75) is 32.7 Å². The Morgan fingerprint density at radius 3 is 2.76 bits per heavy atom. The van der Waals surface area contributed by atoms with E-state index in [9.17, 15) is 4.39 Å². The molecule has 4 heteroatoms. The fourth-order valence-electron chi connectivity index (χ4n) is 1.37. The summed E-state index contributed by atoms with van der Waals surface area (Å²) >= 11 is 3.11. The van der Waals surface area contributed by atoms with Gasteiger partial charge in [-0.05, 0) is 47.4 Å². The molecule has 0 heterocycles. The molecule has 0 aromatic heterocycles. The number of nitrogens with one attached hydrogen (secondary N) is 1. The standard InChI is InChI=1S/C13H19BrFNO/c1-10(2)16-7-3-4-8-17-11-5-6-12(14)13(15)9-11/h5-6,9-10,16H,3-4,7-8H2,1-2H3. The molecule has 0 radical (unpaired) electrons. The van der Waals surface area contributed by atoms with Gasteiger partial charge in [-0.2, -0.15) is 0 Å². The van der Waals surface area contributed by atoms with Crippen molar-refractivity contribution in [2.24, 2.45) is 0 Å². The first-order chi connectivity index (χ1) is 8.09. The van der Waals surface area contributed by atoms with Crippen LogP contribution in [0.2, 0.25) is 0 Å². The second-order valence-electron chi connectivity index (χ2n) is 4.24. The van der Waals surface area contributed by atoms with Gasteiger partial charge in [0.2, 0.25) is 0 Å². The van der Waals surface area contributed by atoms with E-state index in [1.807, 2.05) is 0 Å². The van der Waals surface area contributed by atoms with Crippen LogP contribution in [0.5, 0.6) is 5.75 Å². The lowest BCUT2D eigenvalue weighted by Crippen LogP contribution is -2.23. The van der Waals surface area contributed by atoms with Crippen LogP contribution in [0.15, 0.2) is 22.7 Å². The van der Waals surface area contributed by atoms with Gasteiger partial charge in [0.15, 0.2) is 0 Å². The van der Waals surface area contributed by atoms with Crippen LogP contribution in [0.4, 0.5) is 4.39 Å². The van der Waals surface area contributed by atoms with Crippen LogP contribution in [-0.2, 0) is 0 Å². The molecule has 0 spiro atoms. The minimum absolute atomic E-state index is 0.288. The van der Waals surface area contributed by atoms with E-state index in [-0.39, 0.29) is 5.82 Å². The third kappa shape index (κ3) is 6.03. The minimum Gasteiger partial charge on any atom is -0.493 e. The maximum atomic E-state index is 13.2.